The largest absolute Gasteiger partial charge is 0.477 e. The monoisotopic (exact) mass is 1170 g/mol. The molecule has 0 unspecified atom stereocenters. The van der Waals surface area contributed by atoms with E-state index in [1.165, 1.54) is 77.7 Å². The highest BCUT2D eigenvalue weighted by Gasteiger charge is 2.20. The molecular weight excluding hydrogens is 1130 g/mol. The fourth-order valence-corrected chi connectivity index (χ4v) is 13.6. The van der Waals surface area contributed by atoms with Crippen molar-refractivity contribution in [3.8, 4) is 45.0 Å². The average molecular weight is 1170 g/mol. The second-order valence-electron chi connectivity index (χ2n) is 19.5. The lowest BCUT2D eigenvalue weighted by Gasteiger charge is -2.01. The van der Waals surface area contributed by atoms with E-state index in [4.69, 9.17) is 18.3 Å². The Morgan fingerprint density at radius 2 is 0.762 bits per heavy atom. The highest BCUT2D eigenvalue weighted by Crippen LogP contribution is 2.40. The van der Waals surface area contributed by atoms with Crippen molar-refractivity contribution < 1.29 is 19.8 Å². The molecule has 8 aromatic carbocycles. The molecule has 0 aliphatic rings. The number of aromatic carboxylic acids is 2. The molecule has 0 saturated carbocycles. The minimum absolute atomic E-state index is 0.309. The molecular formula is C66H42N10O4S4. The smallest absolute Gasteiger partial charge is 0.345 e. The minimum Gasteiger partial charge on any atom is -0.477 e. The van der Waals surface area contributed by atoms with Gasteiger partial charge in [0.25, 0.3) is 0 Å². The summed E-state index contributed by atoms with van der Waals surface area (Å²) in [5.41, 5.74) is 7.81. The maximum absolute atomic E-state index is 11.2. The normalized spacial score (nSPS) is 11.1. The Balaban J connectivity index is 0.000000105. The summed E-state index contributed by atoms with van der Waals surface area (Å²) in [5.74, 6) is -1.81. The molecule has 0 fully saturated rings. The van der Waals surface area contributed by atoms with Crippen LogP contribution in [0.5, 0.6) is 0 Å². The number of nitrogens with one attached hydrogen (secondary N) is 2. The zero-order valence-corrected chi connectivity index (χ0v) is 47.7. The molecule has 0 spiro atoms. The van der Waals surface area contributed by atoms with Gasteiger partial charge in [-0.1, -0.05) is 146 Å². The summed E-state index contributed by atoms with van der Waals surface area (Å²) in [7, 11) is 3.77. The van der Waals surface area contributed by atoms with Crippen molar-refractivity contribution in [3.05, 3.63) is 227 Å². The molecule has 16 aromatic rings. The van der Waals surface area contributed by atoms with E-state index in [2.05, 4.69) is 149 Å². The zero-order chi connectivity index (χ0) is 57.6. The van der Waals surface area contributed by atoms with Crippen LogP contribution < -0.4 is 0 Å². The van der Waals surface area contributed by atoms with Gasteiger partial charge in [0, 0.05) is 57.9 Å². The Morgan fingerprint density at radius 1 is 0.417 bits per heavy atom. The van der Waals surface area contributed by atoms with Crippen LogP contribution in [0.3, 0.4) is 0 Å². The number of rotatable bonds is 6. The predicted octanol–water partition coefficient (Wildman–Crippen LogP) is 18.3. The molecule has 14 nitrogen and oxygen atoms in total. The molecule has 0 bridgehead atoms. The van der Waals surface area contributed by atoms with E-state index in [0.717, 1.165) is 96.7 Å². The molecule has 0 aliphatic carbocycles. The van der Waals surface area contributed by atoms with Crippen molar-refractivity contribution in [3.63, 3.8) is 0 Å². The maximum Gasteiger partial charge on any atom is 0.345 e. The summed E-state index contributed by atoms with van der Waals surface area (Å²) in [6, 6.07) is 65.2. The van der Waals surface area contributed by atoms with E-state index < -0.39 is 11.9 Å². The van der Waals surface area contributed by atoms with Crippen molar-refractivity contribution in [1.29, 1.82) is 0 Å². The van der Waals surface area contributed by atoms with Gasteiger partial charge in [-0.3, -0.25) is 19.6 Å². The Bertz CT molecular complexity index is 5330. The molecule has 8 aromatic heterocycles. The lowest BCUT2D eigenvalue weighted by molar-refractivity contribution is 0.0691. The van der Waals surface area contributed by atoms with E-state index in [-0.39, 0.29) is 0 Å². The number of thiophene rings is 4. The Labute approximate surface area is 493 Å². The summed E-state index contributed by atoms with van der Waals surface area (Å²) in [5, 5.41) is 56.7. The molecule has 4 N–H and O–H groups in total. The highest BCUT2D eigenvalue weighted by atomic mass is 32.1. The van der Waals surface area contributed by atoms with Gasteiger partial charge in [-0.15, -0.1) is 45.3 Å². The standard InChI is InChI=1S/C17H11N3S.C17H12N2O2S.C16H9N3S.C16H10N2O2S/c1-18-15-10-14-16(19-20(2)17(14)21-15)13-8-7-11-5-3-4-6-12(11)9-13;1-19-16-13(9-14(22-16)17(20)21)15(18-19)12-7-6-10-4-2-3-5-11(10)8-12;1-17-14-9-13-15(18-19-16(13)20-14)12-7-6-10-4-2-3-5-11(10)8-12;19-16(20)13-8-12-14(17-18-15(12)21-13)11-6-5-9-3-1-2-4-10(9)7-11/h3-10H,2H3;2-9H,1H3,(H,20,21);2-9H,(H,18,19);1-8H,(H,17,18)(H,19,20). The Hall–Kier alpha value is -10.6. The van der Waals surface area contributed by atoms with Crippen LogP contribution in [0.1, 0.15) is 19.3 Å². The van der Waals surface area contributed by atoms with Gasteiger partial charge in [0.2, 0.25) is 10.0 Å². The number of hydrogen-bond donors (Lipinski definition) is 4. The average Bonchev–Trinajstić information content (AvgIpc) is 4.12. The number of nitrogens with zero attached hydrogens (tertiary/aromatic N) is 8. The fourth-order valence-electron chi connectivity index (χ4n) is 10.2. The van der Waals surface area contributed by atoms with Crippen molar-refractivity contribution in [1.82, 2.24) is 40.0 Å². The summed E-state index contributed by atoms with van der Waals surface area (Å²) in [4.78, 5) is 33.4. The first kappa shape index (κ1) is 52.8. The number of aromatic nitrogens is 8. The molecule has 18 heteroatoms. The number of carboxylic acids is 2. The number of fused-ring (bicyclic) bond motifs is 8. The first-order valence-electron chi connectivity index (χ1n) is 26.0. The third kappa shape index (κ3) is 10.1. The molecule has 84 heavy (non-hydrogen) atoms. The van der Waals surface area contributed by atoms with Gasteiger partial charge in [0.15, 0.2) is 0 Å². The summed E-state index contributed by atoms with van der Waals surface area (Å²) in [6.07, 6.45) is 0. The van der Waals surface area contributed by atoms with Crippen LogP contribution in [0, 0.1) is 13.1 Å². The molecule has 0 aliphatic heterocycles. The molecule has 0 amide bonds. The number of hydrogen-bond acceptors (Lipinski definition) is 10. The third-order valence-electron chi connectivity index (χ3n) is 14.3. The summed E-state index contributed by atoms with van der Waals surface area (Å²) >= 11 is 5.34. The van der Waals surface area contributed by atoms with Crippen molar-refractivity contribution in [2.45, 2.75) is 0 Å². The third-order valence-corrected chi connectivity index (χ3v) is 18.5. The molecule has 0 atom stereocenters. The van der Waals surface area contributed by atoms with E-state index in [9.17, 15) is 14.7 Å². The van der Waals surface area contributed by atoms with Crippen LogP contribution in [0.2, 0.25) is 0 Å². The van der Waals surface area contributed by atoms with Crippen LogP contribution in [0.4, 0.5) is 10.0 Å². The Kier molecular flexibility index (Phi) is 13.8. The number of aromatic amines is 2. The van der Waals surface area contributed by atoms with E-state index in [0.29, 0.717) is 19.8 Å². The molecule has 0 saturated heterocycles. The van der Waals surface area contributed by atoms with Crippen LogP contribution in [-0.4, -0.2) is 62.1 Å². The van der Waals surface area contributed by atoms with Gasteiger partial charge in [-0.05, 0) is 91.6 Å². The van der Waals surface area contributed by atoms with Gasteiger partial charge >= 0.3 is 11.9 Å². The molecule has 404 valence electrons. The number of H-pyrrole nitrogens is 2. The molecule has 16 rings (SSSR count). The quantitative estimate of drug-likeness (QED) is 0.119. The summed E-state index contributed by atoms with van der Waals surface area (Å²) in [6.45, 7) is 14.3. The topological polar surface area (TPSA) is 176 Å². The second-order valence-corrected chi connectivity index (χ2v) is 23.6. The minimum atomic E-state index is -0.914. The van der Waals surface area contributed by atoms with Crippen LogP contribution in [0.15, 0.2) is 194 Å². The van der Waals surface area contributed by atoms with E-state index >= 15 is 0 Å². The fraction of sp³-hybridized carbons (Fsp3) is 0.0303. The molecule has 0 radical (unpaired) electrons. The number of carboxylic acid groups (broad SMARTS) is 2. The van der Waals surface area contributed by atoms with Crippen molar-refractivity contribution in [2.24, 2.45) is 14.1 Å². The zero-order valence-electron chi connectivity index (χ0n) is 44.4. The number of benzene rings is 8. The van der Waals surface area contributed by atoms with E-state index in [1.54, 1.807) is 16.8 Å². The first-order valence-corrected chi connectivity index (χ1v) is 29.3. The number of carbonyl (C=O) groups is 2. The first-order chi connectivity index (χ1) is 41.0. The van der Waals surface area contributed by atoms with Gasteiger partial charge < -0.3 is 10.2 Å². The van der Waals surface area contributed by atoms with Crippen LogP contribution >= 0.6 is 45.3 Å². The van der Waals surface area contributed by atoms with Gasteiger partial charge in [-0.2, -0.15) is 20.4 Å². The molecule has 8 heterocycles. The number of aryl methyl sites for hydroxylation is 2. The summed E-state index contributed by atoms with van der Waals surface area (Å²) < 4.78 is 3.61. The lowest BCUT2D eigenvalue weighted by Crippen LogP contribution is -1.92. The second kappa shape index (κ2) is 22.0. The van der Waals surface area contributed by atoms with Crippen LogP contribution in [-0.2, 0) is 14.1 Å². The van der Waals surface area contributed by atoms with Gasteiger partial charge in [0.05, 0.1) is 30.2 Å². The van der Waals surface area contributed by atoms with Gasteiger partial charge in [-0.25, -0.2) is 19.3 Å². The predicted molar refractivity (Wildman–Crippen MR) is 343 cm³/mol. The highest BCUT2D eigenvalue weighted by molar-refractivity contribution is 7.23. The maximum atomic E-state index is 11.2. The lowest BCUT2D eigenvalue weighted by atomic mass is 10.0. The SMILES string of the molecule is Cn1nc(-c2ccc3ccccc3c2)c2cc(C(=O)O)sc21.O=C(O)c1cc2c(-c3ccc4ccccc4c3)[nH]nc2s1.[C-]#[N+]c1cc2c(-c3ccc4ccccc4c3)[nH]nc2s1.[C-]#[N+]c1cc2c(-c3ccc4ccccc4c3)nn(C)c2s1. The van der Waals surface area contributed by atoms with Crippen molar-refractivity contribution in [2.75, 3.05) is 0 Å². The van der Waals surface area contributed by atoms with E-state index in [1.807, 2.05) is 91.6 Å². The van der Waals surface area contributed by atoms with Crippen LogP contribution in [0.25, 0.3) is 139 Å². The van der Waals surface area contributed by atoms with Crippen molar-refractivity contribution >= 4 is 151 Å². The van der Waals surface area contributed by atoms with Gasteiger partial charge in [0.1, 0.15) is 34.8 Å². The Morgan fingerprint density at radius 3 is 1.21 bits per heavy atom.